The number of hydrogen-bond donors (Lipinski definition) is 0. The summed E-state index contributed by atoms with van der Waals surface area (Å²) in [6.07, 6.45) is 2.75. The molecule has 0 fully saturated rings. The highest BCUT2D eigenvalue weighted by Gasteiger charge is 2.32. The molecule has 2 aromatic rings. The van der Waals surface area contributed by atoms with Crippen LogP contribution in [0.1, 0.15) is 23.9 Å². The van der Waals surface area contributed by atoms with Crippen LogP contribution in [0.2, 0.25) is 19.6 Å². The van der Waals surface area contributed by atoms with Crippen LogP contribution < -0.4 is 0 Å². The maximum atomic E-state index is 5.98. The van der Waals surface area contributed by atoms with E-state index in [1.165, 1.54) is 11.1 Å². The first-order valence-electron chi connectivity index (χ1n) is 7.98. The Morgan fingerprint density at radius 1 is 1.35 bits per heavy atom. The lowest BCUT2D eigenvalue weighted by Crippen LogP contribution is -2.38. The van der Waals surface area contributed by atoms with Gasteiger partial charge >= 0.3 is 0 Å². The van der Waals surface area contributed by atoms with Gasteiger partial charge in [-0.15, -0.1) is 11.7 Å². The van der Waals surface area contributed by atoms with E-state index < -0.39 is 8.07 Å². The second kappa shape index (κ2) is 7.19. The van der Waals surface area contributed by atoms with Gasteiger partial charge in [0.15, 0.2) is 5.82 Å². The number of nitrogens with zero attached hydrogens (tertiary/aromatic N) is 4. The van der Waals surface area contributed by atoms with Crippen LogP contribution in [0.4, 0.5) is 0 Å². The van der Waals surface area contributed by atoms with Crippen molar-refractivity contribution in [2.45, 2.75) is 45.8 Å². The minimum absolute atomic E-state index is 0.0818. The summed E-state index contributed by atoms with van der Waals surface area (Å²) in [6, 6.07) is 6.32. The molecule has 6 heteroatoms. The fourth-order valence-corrected chi connectivity index (χ4v) is 4.15. The molecule has 0 saturated heterocycles. The molecule has 0 amide bonds. The number of ether oxygens (including phenoxy) is 1. The normalized spacial score (nSPS) is 13.1. The third-order valence-electron chi connectivity index (χ3n) is 3.75. The Kier molecular flexibility index (Phi) is 5.49. The molecular formula is C17H26N4OSi. The van der Waals surface area contributed by atoms with Crippen molar-refractivity contribution in [1.29, 1.82) is 0 Å². The zero-order valence-electron chi connectivity index (χ0n) is 14.7. The fraction of sp³-hybridized carbons (Fsp3) is 0.471. The Morgan fingerprint density at radius 3 is 2.70 bits per heavy atom. The molecule has 1 atom stereocenters. The van der Waals surface area contributed by atoms with E-state index in [1.54, 1.807) is 0 Å². The lowest BCUT2D eigenvalue weighted by Gasteiger charge is -2.29. The van der Waals surface area contributed by atoms with E-state index in [9.17, 15) is 0 Å². The number of rotatable bonds is 7. The zero-order chi connectivity index (χ0) is 17.0. The minimum Gasteiger partial charge on any atom is -0.360 e. The Morgan fingerprint density at radius 2 is 2.09 bits per heavy atom. The van der Waals surface area contributed by atoms with Gasteiger partial charge in [-0.3, -0.25) is 0 Å². The van der Waals surface area contributed by atoms with Crippen molar-refractivity contribution in [3.8, 4) is 11.4 Å². The molecule has 1 unspecified atom stereocenters. The van der Waals surface area contributed by atoms with Crippen molar-refractivity contribution >= 4 is 8.07 Å². The van der Waals surface area contributed by atoms with Crippen LogP contribution in [0.3, 0.4) is 0 Å². The molecule has 0 radical (unpaired) electrons. The molecule has 5 nitrogen and oxygen atoms in total. The average Bonchev–Trinajstić information content (AvgIpc) is 2.95. The first kappa shape index (κ1) is 17.6. The molecule has 2 rings (SSSR count). The Bertz CT molecular complexity index is 675. The van der Waals surface area contributed by atoms with Crippen molar-refractivity contribution in [2.24, 2.45) is 0 Å². The molecule has 124 valence electrons. The lowest BCUT2D eigenvalue weighted by atomic mass is 10.0. The van der Waals surface area contributed by atoms with Gasteiger partial charge < -0.3 is 4.74 Å². The van der Waals surface area contributed by atoms with Gasteiger partial charge in [-0.25, -0.2) is 4.68 Å². The molecule has 0 aliphatic heterocycles. The van der Waals surface area contributed by atoms with Crippen molar-refractivity contribution in [3.63, 3.8) is 0 Å². The van der Waals surface area contributed by atoms with Crippen LogP contribution in [0, 0.1) is 6.92 Å². The first-order valence-corrected chi connectivity index (χ1v) is 11.6. The second-order valence-electron chi connectivity index (χ2n) is 6.75. The molecule has 0 spiro atoms. The predicted molar refractivity (Wildman–Crippen MR) is 95.9 cm³/mol. The van der Waals surface area contributed by atoms with Gasteiger partial charge in [0.05, 0.1) is 0 Å². The van der Waals surface area contributed by atoms with Crippen LogP contribution in [0.5, 0.6) is 0 Å². The van der Waals surface area contributed by atoms with E-state index >= 15 is 0 Å². The number of aromatic nitrogens is 4. The maximum Gasteiger partial charge on any atom is 0.184 e. The highest BCUT2D eigenvalue weighted by atomic mass is 28.3. The third-order valence-corrected chi connectivity index (χ3v) is 5.64. The lowest BCUT2D eigenvalue weighted by molar-refractivity contribution is 0.0548. The van der Waals surface area contributed by atoms with Crippen LogP contribution in [0.25, 0.3) is 11.4 Å². The summed E-state index contributed by atoms with van der Waals surface area (Å²) in [7, 11) is -1.63. The van der Waals surface area contributed by atoms with Crippen LogP contribution in [-0.4, -0.2) is 34.9 Å². The summed E-state index contributed by atoms with van der Waals surface area (Å²) in [6.45, 7) is 15.4. The topological polar surface area (TPSA) is 52.8 Å². The SMILES string of the molecule is C=CCc1cc(-c2nnnn2C(OCC)[Si](C)(C)C)ccc1C. The van der Waals surface area contributed by atoms with Crippen LogP contribution in [0.15, 0.2) is 30.9 Å². The molecule has 1 aromatic heterocycles. The molecule has 23 heavy (non-hydrogen) atoms. The van der Waals surface area contributed by atoms with Crippen LogP contribution >= 0.6 is 0 Å². The van der Waals surface area contributed by atoms with Crippen molar-refractivity contribution in [3.05, 3.63) is 42.0 Å². The average molecular weight is 331 g/mol. The predicted octanol–water partition coefficient (Wildman–Crippen LogP) is 3.79. The number of allylic oxidation sites excluding steroid dienone is 1. The first-order chi connectivity index (χ1) is 10.9. The molecule has 1 heterocycles. The summed E-state index contributed by atoms with van der Waals surface area (Å²) >= 11 is 0. The van der Waals surface area contributed by atoms with Gasteiger partial charge in [-0.05, 0) is 47.9 Å². The summed E-state index contributed by atoms with van der Waals surface area (Å²) in [4.78, 5) is 0. The molecule has 0 aliphatic rings. The van der Waals surface area contributed by atoms with Gasteiger partial charge in [-0.1, -0.05) is 37.8 Å². The molecular weight excluding hydrogens is 304 g/mol. The van der Waals surface area contributed by atoms with Crippen molar-refractivity contribution in [2.75, 3.05) is 6.61 Å². The zero-order valence-corrected chi connectivity index (χ0v) is 15.7. The maximum absolute atomic E-state index is 5.98. The third kappa shape index (κ3) is 3.94. The summed E-state index contributed by atoms with van der Waals surface area (Å²) < 4.78 is 7.83. The second-order valence-corrected chi connectivity index (χ2v) is 12.0. The fourth-order valence-electron chi connectivity index (χ4n) is 2.57. The summed E-state index contributed by atoms with van der Waals surface area (Å²) in [5, 5.41) is 12.4. The van der Waals surface area contributed by atoms with Gasteiger partial charge in [0.1, 0.15) is 13.9 Å². The standard InChI is InChI=1S/C17H26N4OSi/c1-7-9-14-12-15(11-10-13(14)3)16-18-19-20-21(16)17(22-8-2)23(4,5)6/h7,10-12,17H,1,8-9H2,2-6H3. The molecule has 0 aliphatic carbocycles. The van der Waals surface area contributed by atoms with Gasteiger partial charge in [0.25, 0.3) is 0 Å². The molecule has 0 N–H and O–H groups in total. The smallest absolute Gasteiger partial charge is 0.184 e. The quantitative estimate of drug-likeness (QED) is 0.572. The van der Waals surface area contributed by atoms with Crippen molar-refractivity contribution < 1.29 is 4.74 Å². The highest BCUT2D eigenvalue weighted by molar-refractivity contribution is 6.76. The molecule has 1 aromatic carbocycles. The number of aryl methyl sites for hydroxylation is 1. The van der Waals surface area contributed by atoms with E-state index in [0.717, 1.165) is 17.8 Å². The largest absolute Gasteiger partial charge is 0.360 e. The minimum atomic E-state index is -1.63. The van der Waals surface area contributed by atoms with Crippen LogP contribution in [-0.2, 0) is 11.2 Å². The Labute approximate surface area is 139 Å². The van der Waals surface area contributed by atoms with Gasteiger partial charge in [-0.2, -0.15) is 0 Å². The van der Waals surface area contributed by atoms with E-state index in [4.69, 9.17) is 4.74 Å². The van der Waals surface area contributed by atoms with E-state index in [1.807, 2.05) is 17.7 Å². The molecule has 0 bridgehead atoms. The van der Waals surface area contributed by atoms with Crippen molar-refractivity contribution in [1.82, 2.24) is 20.2 Å². The highest BCUT2D eigenvalue weighted by Crippen LogP contribution is 2.28. The Balaban J connectivity index is 2.48. The summed E-state index contributed by atoms with van der Waals surface area (Å²) in [5.41, 5.74) is 3.51. The van der Waals surface area contributed by atoms with Gasteiger partial charge in [0, 0.05) is 12.2 Å². The summed E-state index contributed by atoms with van der Waals surface area (Å²) in [5.74, 6) is 0.679. The number of tetrazole rings is 1. The number of benzene rings is 1. The van der Waals surface area contributed by atoms with Gasteiger partial charge in [0.2, 0.25) is 0 Å². The van der Waals surface area contributed by atoms with E-state index in [2.05, 4.69) is 66.9 Å². The Hall–Kier alpha value is -1.79. The monoisotopic (exact) mass is 330 g/mol. The number of hydrogen-bond acceptors (Lipinski definition) is 4. The van der Waals surface area contributed by atoms with E-state index in [-0.39, 0.29) is 5.85 Å². The van der Waals surface area contributed by atoms with E-state index in [0.29, 0.717) is 6.61 Å². The molecule has 0 saturated carbocycles.